The van der Waals surface area contributed by atoms with Crippen LogP contribution in [0.5, 0.6) is 0 Å². The van der Waals surface area contributed by atoms with Gasteiger partial charge in [0.25, 0.3) is 0 Å². The molecule has 78 valence electrons. The third-order valence-electron chi connectivity index (χ3n) is 1.73. The van der Waals surface area contributed by atoms with Gasteiger partial charge in [0.2, 0.25) is 0 Å². The number of carbonyl (C=O) groups is 1. The second-order valence-corrected chi connectivity index (χ2v) is 3.56. The van der Waals surface area contributed by atoms with Gasteiger partial charge < -0.3 is 5.11 Å². The lowest BCUT2D eigenvalue weighted by Crippen LogP contribution is -2.11. The molecular formula is C8H14N4O2. The largest absolute Gasteiger partial charge is 0.481 e. The summed E-state index contributed by atoms with van der Waals surface area (Å²) in [5, 5.41) is 19.6. The summed E-state index contributed by atoms with van der Waals surface area (Å²) in [5.41, 5.74) is 0. The number of aryl methyl sites for hydroxylation is 1. The van der Waals surface area contributed by atoms with Crippen molar-refractivity contribution in [3.63, 3.8) is 0 Å². The fourth-order valence-electron chi connectivity index (χ4n) is 1.11. The predicted octanol–water partition coefficient (Wildman–Crippen LogP) is 0.346. The summed E-state index contributed by atoms with van der Waals surface area (Å²) in [5.74, 6) is 0.377. The highest BCUT2D eigenvalue weighted by Crippen LogP contribution is 2.03. The van der Waals surface area contributed by atoms with Crippen LogP contribution in [0.15, 0.2) is 0 Å². The van der Waals surface area contributed by atoms with Crippen LogP contribution >= 0.6 is 0 Å². The average Bonchev–Trinajstić information content (AvgIpc) is 2.47. The Morgan fingerprint density at radius 3 is 2.86 bits per heavy atom. The van der Waals surface area contributed by atoms with Crippen molar-refractivity contribution in [3.05, 3.63) is 5.82 Å². The van der Waals surface area contributed by atoms with Gasteiger partial charge in [0, 0.05) is 6.42 Å². The Bertz CT molecular complexity index is 308. The number of tetrazole rings is 1. The molecule has 1 aromatic heterocycles. The standard InChI is InChI=1S/C8H14N4O2/c1-6(2)5-7-9-10-11-12(7)4-3-8(13)14/h6H,3-5H2,1-2H3,(H,13,14). The molecule has 0 atom stereocenters. The van der Waals surface area contributed by atoms with Gasteiger partial charge in [-0.3, -0.25) is 4.79 Å². The topological polar surface area (TPSA) is 80.9 Å². The summed E-state index contributed by atoms with van der Waals surface area (Å²) in [6.45, 7) is 4.47. The monoisotopic (exact) mass is 198 g/mol. The minimum absolute atomic E-state index is 0.0517. The van der Waals surface area contributed by atoms with E-state index in [0.29, 0.717) is 12.5 Å². The molecule has 0 fully saturated rings. The Hall–Kier alpha value is -1.46. The number of aromatic nitrogens is 4. The van der Waals surface area contributed by atoms with Gasteiger partial charge in [0.05, 0.1) is 13.0 Å². The van der Waals surface area contributed by atoms with Crippen molar-refractivity contribution in [1.82, 2.24) is 20.2 Å². The first-order valence-electron chi connectivity index (χ1n) is 4.56. The van der Waals surface area contributed by atoms with Crippen LogP contribution in [-0.4, -0.2) is 31.3 Å². The molecule has 6 heteroatoms. The van der Waals surface area contributed by atoms with Crippen molar-refractivity contribution in [3.8, 4) is 0 Å². The molecule has 0 spiro atoms. The molecule has 0 saturated carbocycles. The summed E-state index contributed by atoms with van der Waals surface area (Å²) in [4.78, 5) is 10.3. The van der Waals surface area contributed by atoms with Crippen molar-refractivity contribution in [2.45, 2.75) is 33.2 Å². The quantitative estimate of drug-likeness (QED) is 0.738. The van der Waals surface area contributed by atoms with Crippen LogP contribution in [0.25, 0.3) is 0 Å². The number of rotatable bonds is 5. The van der Waals surface area contributed by atoms with Crippen molar-refractivity contribution in [2.75, 3.05) is 0 Å². The Morgan fingerprint density at radius 1 is 1.57 bits per heavy atom. The van der Waals surface area contributed by atoms with E-state index in [1.807, 2.05) is 0 Å². The van der Waals surface area contributed by atoms with E-state index in [1.165, 1.54) is 0 Å². The van der Waals surface area contributed by atoms with Crippen molar-refractivity contribution >= 4 is 5.97 Å². The molecule has 6 nitrogen and oxygen atoms in total. The number of aliphatic carboxylic acids is 1. The molecule has 0 unspecified atom stereocenters. The van der Waals surface area contributed by atoms with Crippen molar-refractivity contribution in [1.29, 1.82) is 0 Å². The minimum atomic E-state index is -0.837. The molecule has 1 N–H and O–H groups in total. The lowest BCUT2D eigenvalue weighted by molar-refractivity contribution is -0.137. The minimum Gasteiger partial charge on any atom is -0.481 e. The summed E-state index contributed by atoms with van der Waals surface area (Å²) in [7, 11) is 0. The maximum absolute atomic E-state index is 10.3. The van der Waals surface area contributed by atoms with Gasteiger partial charge >= 0.3 is 5.97 Å². The number of carboxylic acids is 1. The number of carboxylic acid groups (broad SMARTS) is 1. The van der Waals surface area contributed by atoms with Crippen LogP contribution in [0, 0.1) is 5.92 Å². The summed E-state index contributed by atoms with van der Waals surface area (Å²) in [6, 6.07) is 0. The first kappa shape index (κ1) is 10.6. The van der Waals surface area contributed by atoms with E-state index in [1.54, 1.807) is 4.68 Å². The molecule has 0 radical (unpaired) electrons. The molecule has 0 aliphatic rings. The second kappa shape index (κ2) is 4.69. The fourth-order valence-corrected chi connectivity index (χ4v) is 1.11. The predicted molar refractivity (Wildman–Crippen MR) is 48.6 cm³/mol. The second-order valence-electron chi connectivity index (χ2n) is 3.56. The molecule has 0 amide bonds. The van der Waals surface area contributed by atoms with Gasteiger partial charge in [-0.05, 0) is 16.3 Å². The molecular weight excluding hydrogens is 184 g/mol. The van der Waals surface area contributed by atoms with Crippen molar-refractivity contribution < 1.29 is 9.90 Å². The molecule has 1 rings (SSSR count). The van der Waals surface area contributed by atoms with E-state index in [9.17, 15) is 4.79 Å². The molecule has 1 aromatic rings. The maximum Gasteiger partial charge on any atom is 0.305 e. The third-order valence-corrected chi connectivity index (χ3v) is 1.73. The van der Waals surface area contributed by atoms with Gasteiger partial charge in [-0.1, -0.05) is 13.8 Å². The van der Waals surface area contributed by atoms with Gasteiger partial charge in [-0.15, -0.1) is 5.10 Å². The molecule has 0 saturated heterocycles. The maximum atomic E-state index is 10.3. The van der Waals surface area contributed by atoms with Crippen LogP contribution < -0.4 is 0 Å². The van der Waals surface area contributed by atoms with Crippen LogP contribution in [0.4, 0.5) is 0 Å². The highest BCUT2D eigenvalue weighted by atomic mass is 16.4. The molecule has 0 aromatic carbocycles. The molecule has 0 bridgehead atoms. The number of hydrogen-bond donors (Lipinski definition) is 1. The fraction of sp³-hybridized carbons (Fsp3) is 0.750. The van der Waals surface area contributed by atoms with Gasteiger partial charge in [0.1, 0.15) is 0 Å². The van der Waals surface area contributed by atoms with E-state index < -0.39 is 5.97 Å². The molecule has 14 heavy (non-hydrogen) atoms. The first-order chi connectivity index (χ1) is 6.59. The Kier molecular flexibility index (Phi) is 3.55. The summed E-state index contributed by atoms with van der Waals surface area (Å²) >= 11 is 0. The van der Waals surface area contributed by atoms with E-state index in [-0.39, 0.29) is 6.42 Å². The molecule has 1 heterocycles. The van der Waals surface area contributed by atoms with Gasteiger partial charge in [-0.25, -0.2) is 4.68 Å². The summed E-state index contributed by atoms with van der Waals surface area (Å²) < 4.78 is 1.55. The highest BCUT2D eigenvalue weighted by molar-refractivity contribution is 5.66. The lowest BCUT2D eigenvalue weighted by Gasteiger charge is -2.04. The number of hydrogen-bond acceptors (Lipinski definition) is 4. The Morgan fingerprint density at radius 2 is 2.29 bits per heavy atom. The normalized spacial score (nSPS) is 10.8. The average molecular weight is 198 g/mol. The highest BCUT2D eigenvalue weighted by Gasteiger charge is 2.08. The van der Waals surface area contributed by atoms with Crippen molar-refractivity contribution in [2.24, 2.45) is 5.92 Å². The van der Waals surface area contributed by atoms with Gasteiger partial charge in [0.15, 0.2) is 5.82 Å². The zero-order chi connectivity index (χ0) is 10.6. The third kappa shape index (κ3) is 3.12. The molecule has 0 aliphatic heterocycles. The first-order valence-corrected chi connectivity index (χ1v) is 4.56. The van der Waals surface area contributed by atoms with Crippen LogP contribution in [0.1, 0.15) is 26.1 Å². The lowest BCUT2D eigenvalue weighted by atomic mass is 10.1. The van der Waals surface area contributed by atoms with Crippen LogP contribution in [-0.2, 0) is 17.8 Å². The van der Waals surface area contributed by atoms with E-state index in [0.717, 1.165) is 12.2 Å². The zero-order valence-corrected chi connectivity index (χ0v) is 8.34. The zero-order valence-electron chi connectivity index (χ0n) is 8.34. The SMILES string of the molecule is CC(C)Cc1nnnn1CCC(=O)O. The Labute approximate surface area is 81.9 Å². The van der Waals surface area contributed by atoms with E-state index in [2.05, 4.69) is 29.4 Å². The van der Waals surface area contributed by atoms with Crippen LogP contribution in [0.3, 0.4) is 0 Å². The van der Waals surface area contributed by atoms with Gasteiger partial charge in [-0.2, -0.15) is 0 Å². The van der Waals surface area contributed by atoms with Crippen LogP contribution in [0.2, 0.25) is 0 Å². The molecule has 0 aliphatic carbocycles. The number of nitrogens with zero attached hydrogens (tertiary/aromatic N) is 4. The van der Waals surface area contributed by atoms with E-state index in [4.69, 9.17) is 5.11 Å². The summed E-state index contributed by atoms with van der Waals surface area (Å²) in [6.07, 6.45) is 0.822. The van der Waals surface area contributed by atoms with E-state index >= 15 is 0 Å². The smallest absolute Gasteiger partial charge is 0.305 e. The Balaban J connectivity index is 2.58.